The molecular weight excluding hydrogens is 370 g/mol. The van der Waals surface area contributed by atoms with Crippen molar-refractivity contribution in [1.29, 1.82) is 0 Å². The summed E-state index contributed by atoms with van der Waals surface area (Å²) in [6.07, 6.45) is 1.56. The molecule has 0 saturated heterocycles. The molecule has 26 heavy (non-hydrogen) atoms. The number of halogens is 1. The molecule has 136 valence electrons. The third-order valence-corrected chi connectivity index (χ3v) is 5.98. The van der Waals surface area contributed by atoms with Crippen molar-refractivity contribution in [1.82, 2.24) is 0 Å². The van der Waals surface area contributed by atoms with Crippen LogP contribution in [0.2, 0.25) is 5.02 Å². The van der Waals surface area contributed by atoms with Gasteiger partial charge in [-0.1, -0.05) is 43.6 Å². The molecule has 0 fully saturated rings. The van der Waals surface area contributed by atoms with Gasteiger partial charge < -0.3 is 4.90 Å². The number of carbonyl (C=O) groups excluding carboxylic acids is 1. The van der Waals surface area contributed by atoms with E-state index < -0.39 is 15.9 Å². The number of rotatable bonds is 4. The van der Waals surface area contributed by atoms with E-state index in [0.29, 0.717) is 22.2 Å². The molecule has 0 saturated carbocycles. The van der Waals surface area contributed by atoms with Crippen molar-refractivity contribution in [3.63, 3.8) is 0 Å². The van der Waals surface area contributed by atoms with Crippen LogP contribution in [0.15, 0.2) is 60.0 Å². The zero-order valence-corrected chi connectivity index (χ0v) is 16.2. The molecule has 0 spiro atoms. The van der Waals surface area contributed by atoms with Gasteiger partial charge in [0.15, 0.2) is 9.84 Å². The van der Waals surface area contributed by atoms with Crippen molar-refractivity contribution >= 4 is 33.0 Å². The van der Waals surface area contributed by atoms with Crippen LogP contribution in [-0.2, 0) is 9.84 Å². The van der Waals surface area contributed by atoms with Gasteiger partial charge in [-0.2, -0.15) is 0 Å². The Morgan fingerprint density at radius 1 is 1.15 bits per heavy atom. The minimum atomic E-state index is -3.29. The van der Waals surface area contributed by atoms with Crippen LogP contribution in [0.4, 0.5) is 5.69 Å². The normalized spacial score (nSPS) is 18.2. The summed E-state index contributed by atoms with van der Waals surface area (Å²) in [5.74, 6) is -0.0324. The third-order valence-electron chi connectivity index (χ3n) is 4.37. The first-order chi connectivity index (χ1) is 12.3. The Morgan fingerprint density at radius 2 is 1.85 bits per heavy atom. The van der Waals surface area contributed by atoms with Crippen LogP contribution in [0.5, 0.6) is 0 Å². The summed E-state index contributed by atoms with van der Waals surface area (Å²) in [6, 6.07) is 13.8. The fourth-order valence-electron chi connectivity index (χ4n) is 2.96. The summed E-state index contributed by atoms with van der Waals surface area (Å²) in [7, 11) is -3.29. The SMILES string of the molecule is CC(C)c1ccc(N(C(=O)c2cccc(Cl)c2)C2C=CS(=O)(=O)C2)cc1. The lowest BCUT2D eigenvalue weighted by Gasteiger charge is -2.28. The molecule has 3 rings (SSSR count). The van der Waals surface area contributed by atoms with E-state index in [4.69, 9.17) is 11.6 Å². The van der Waals surface area contributed by atoms with E-state index in [2.05, 4.69) is 13.8 Å². The van der Waals surface area contributed by atoms with E-state index in [1.165, 1.54) is 10.3 Å². The maximum Gasteiger partial charge on any atom is 0.258 e. The molecule has 0 aromatic heterocycles. The average Bonchev–Trinajstić information content (AvgIpc) is 2.95. The van der Waals surface area contributed by atoms with Gasteiger partial charge in [0.25, 0.3) is 5.91 Å². The van der Waals surface area contributed by atoms with E-state index in [-0.39, 0.29) is 11.7 Å². The largest absolute Gasteiger partial charge is 0.300 e. The monoisotopic (exact) mass is 389 g/mol. The van der Waals surface area contributed by atoms with Crippen molar-refractivity contribution in [2.75, 3.05) is 10.7 Å². The molecular formula is C20H20ClNO3S. The molecule has 1 aliphatic heterocycles. The number of sulfone groups is 1. The second-order valence-corrected chi connectivity index (χ2v) is 9.02. The van der Waals surface area contributed by atoms with E-state index in [9.17, 15) is 13.2 Å². The van der Waals surface area contributed by atoms with Crippen LogP contribution < -0.4 is 4.90 Å². The molecule has 6 heteroatoms. The first-order valence-electron chi connectivity index (χ1n) is 8.37. The topological polar surface area (TPSA) is 54.5 Å². The molecule has 0 N–H and O–H groups in total. The summed E-state index contributed by atoms with van der Waals surface area (Å²) in [5.41, 5.74) is 2.23. The fraction of sp³-hybridized carbons (Fsp3) is 0.250. The minimum absolute atomic E-state index is 0.120. The van der Waals surface area contributed by atoms with E-state index in [1.54, 1.807) is 30.3 Å². The molecule has 4 nitrogen and oxygen atoms in total. The Hall–Kier alpha value is -2.11. The van der Waals surface area contributed by atoms with Gasteiger partial charge >= 0.3 is 0 Å². The maximum atomic E-state index is 13.2. The molecule has 0 radical (unpaired) electrons. The van der Waals surface area contributed by atoms with E-state index >= 15 is 0 Å². The number of hydrogen-bond donors (Lipinski definition) is 0. The van der Waals surface area contributed by atoms with Crippen molar-refractivity contribution in [3.8, 4) is 0 Å². The van der Waals surface area contributed by atoms with Gasteiger partial charge in [-0.3, -0.25) is 4.79 Å². The molecule has 1 atom stereocenters. The van der Waals surface area contributed by atoms with Crippen LogP contribution in [0.3, 0.4) is 0 Å². The van der Waals surface area contributed by atoms with Crippen LogP contribution >= 0.6 is 11.6 Å². The fourth-order valence-corrected chi connectivity index (χ4v) is 4.42. The van der Waals surface area contributed by atoms with Crippen molar-refractivity contribution in [2.24, 2.45) is 0 Å². The number of nitrogens with zero attached hydrogens (tertiary/aromatic N) is 1. The summed E-state index contributed by atoms with van der Waals surface area (Å²) in [5, 5.41) is 1.64. The maximum absolute atomic E-state index is 13.2. The summed E-state index contributed by atoms with van der Waals surface area (Å²) >= 11 is 6.02. The quantitative estimate of drug-likeness (QED) is 0.777. The third kappa shape index (κ3) is 4.00. The Bertz CT molecular complexity index is 949. The number of hydrogen-bond acceptors (Lipinski definition) is 3. The van der Waals surface area contributed by atoms with Crippen molar-refractivity contribution < 1.29 is 13.2 Å². The van der Waals surface area contributed by atoms with Gasteiger partial charge in [0.1, 0.15) is 0 Å². The van der Waals surface area contributed by atoms with Gasteiger partial charge in [-0.05, 0) is 47.9 Å². The lowest BCUT2D eigenvalue weighted by Crippen LogP contribution is -2.41. The van der Waals surface area contributed by atoms with Gasteiger partial charge in [-0.25, -0.2) is 8.42 Å². The van der Waals surface area contributed by atoms with Crippen LogP contribution in [-0.4, -0.2) is 26.1 Å². The number of carbonyl (C=O) groups is 1. The Kier molecular flexibility index (Phi) is 5.21. The van der Waals surface area contributed by atoms with Crippen LogP contribution in [0.1, 0.15) is 35.7 Å². The summed E-state index contributed by atoms with van der Waals surface area (Å²) < 4.78 is 23.8. The molecule has 1 heterocycles. The van der Waals surface area contributed by atoms with Crippen molar-refractivity contribution in [2.45, 2.75) is 25.8 Å². The second-order valence-electron chi connectivity index (χ2n) is 6.66. The van der Waals surface area contributed by atoms with Crippen LogP contribution in [0.25, 0.3) is 0 Å². The number of benzene rings is 2. The highest BCUT2D eigenvalue weighted by Crippen LogP contribution is 2.27. The molecule has 1 aliphatic rings. The smallest absolute Gasteiger partial charge is 0.258 e. The first-order valence-corrected chi connectivity index (χ1v) is 10.5. The van der Waals surface area contributed by atoms with Crippen LogP contribution in [0, 0.1) is 0 Å². The van der Waals surface area contributed by atoms with Crippen molar-refractivity contribution in [3.05, 3.63) is 76.2 Å². The Balaban J connectivity index is 2.02. The van der Waals surface area contributed by atoms with E-state index in [1.807, 2.05) is 24.3 Å². The molecule has 1 unspecified atom stereocenters. The predicted octanol–water partition coefficient (Wildman–Crippen LogP) is 4.42. The highest BCUT2D eigenvalue weighted by atomic mass is 35.5. The van der Waals surface area contributed by atoms with E-state index in [0.717, 1.165) is 5.56 Å². The molecule has 0 bridgehead atoms. The number of amides is 1. The minimum Gasteiger partial charge on any atom is -0.300 e. The average molecular weight is 390 g/mol. The Labute approximate surface area is 159 Å². The zero-order valence-electron chi connectivity index (χ0n) is 14.6. The summed E-state index contributed by atoms with van der Waals surface area (Å²) in [6.45, 7) is 4.19. The standard InChI is InChI=1S/C20H20ClNO3S/c1-14(2)15-6-8-18(9-7-15)22(19-10-11-26(24,25)13-19)20(23)16-4-3-5-17(21)12-16/h3-12,14,19H,13H2,1-2H3. The summed E-state index contributed by atoms with van der Waals surface area (Å²) in [4.78, 5) is 14.7. The highest BCUT2D eigenvalue weighted by Gasteiger charge is 2.32. The lowest BCUT2D eigenvalue weighted by atomic mass is 10.0. The first kappa shape index (κ1) is 18.7. The zero-order chi connectivity index (χ0) is 18.9. The Morgan fingerprint density at radius 3 is 2.38 bits per heavy atom. The van der Waals surface area contributed by atoms with Gasteiger partial charge in [0.2, 0.25) is 0 Å². The molecule has 2 aromatic carbocycles. The molecule has 0 aliphatic carbocycles. The lowest BCUT2D eigenvalue weighted by molar-refractivity contribution is 0.0983. The molecule has 2 aromatic rings. The highest BCUT2D eigenvalue weighted by molar-refractivity contribution is 7.94. The molecule has 1 amide bonds. The van der Waals surface area contributed by atoms with Gasteiger partial charge in [0, 0.05) is 21.7 Å². The second kappa shape index (κ2) is 7.25. The number of anilines is 1. The van der Waals surface area contributed by atoms with Gasteiger partial charge in [-0.15, -0.1) is 0 Å². The van der Waals surface area contributed by atoms with Gasteiger partial charge in [0.05, 0.1) is 11.8 Å². The predicted molar refractivity (Wildman–Crippen MR) is 106 cm³/mol.